The Kier molecular flexibility index (Phi) is 6.27. The monoisotopic (exact) mass is 237 g/mol. The van der Waals surface area contributed by atoms with Gasteiger partial charge >= 0.3 is 0 Å². The summed E-state index contributed by atoms with van der Waals surface area (Å²) in [5.41, 5.74) is 0. The predicted molar refractivity (Wildman–Crippen MR) is 73.1 cm³/mol. The van der Waals surface area contributed by atoms with Crippen molar-refractivity contribution in [2.45, 2.75) is 52.5 Å². The van der Waals surface area contributed by atoms with E-state index >= 15 is 0 Å². The molecular weight excluding hydrogens is 210 g/mol. The summed E-state index contributed by atoms with van der Waals surface area (Å²) in [7, 11) is 2.07. The highest BCUT2D eigenvalue weighted by Gasteiger charge is 2.09. The summed E-state index contributed by atoms with van der Waals surface area (Å²) in [5, 5.41) is 3.55. The number of nitrogens with one attached hydrogen (secondary N) is 1. The molecule has 2 atom stereocenters. The number of nitrogens with zero attached hydrogens (tertiary/aromatic N) is 2. The van der Waals surface area contributed by atoms with Crippen LogP contribution >= 0.6 is 0 Å². The molecule has 0 radical (unpaired) electrons. The van der Waals surface area contributed by atoms with Gasteiger partial charge in [-0.05, 0) is 38.6 Å². The summed E-state index contributed by atoms with van der Waals surface area (Å²) >= 11 is 0. The van der Waals surface area contributed by atoms with Crippen LogP contribution in [-0.4, -0.2) is 22.1 Å². The number of imidazole rings is 1. The van der Waals surface area contributed by atoms with Crippen LogP contribution in [0, 0.1) is 5.92 Å². The second-order valence-corrected chi connectivity index (χ2v) is 5.19. The minimum Gasteiger partial charge on any atom is -0.338 e. The van der Waals surface area contributed by atoms with E-state index in [4.69, 9.17) is 0 Å². The first-order valence-corrected chi connectivity index (χ1v) is 6.83. The van der Waals surface area contributed by atoms with E-state index in [1.54, 1.807) is 0 Å². The van der Waals surface area contributed by atoms with Gasteiger partial charge in [-0.3, -0.25) is 0 Å². The smallest absolute Gasteiger partial charge is 0.108 e. The molecule has 0 fully saturated rings. The molecule has 1 aromatic heterocycles. The largest absolute Gasteiger partial charge is 0.338 e. The van der Waals surface area contributed by atoms with Crippen molar-refractivity contribution in [1.82, 2.24) is 14.9 Å². The van der Waals surface area contributed by atoms with Gasteiger partial charge in [-0.25, -0.2) is 4.98 Å². The normalized spacial score (nSPS) is 14.8. The summed E-state index contributed by atoms with van der Waals surface area (Å²) in [6.07, 6.45) is 8.68. The quantitative estimate of drug-likeness (QED) is 0.753. The van der Waals surface area contributed by atoms with Gasteiger partial charge in [0.1, 0.15) is 5.82 Å². The fourth-order valence-electron chi connectivity index (χ4n) is 2.21. The van der Waals surface area contributed by atoms with E-state index in [9.17, 15) is 0 Å². The Hall–Kier alpha value is -0.830. The van der Waals surface area contributed by atoms with Crippen LogP contribution in [0.25, 0.3) is 0 Å². The zero-order valence-electron chi connectivity index (χ0n) is 11.7. The SMILES string of the molecule is CCCNC(C)CC(C)CCc1nccn1C. The molecule has 3 nitrogen and oxygen atoms in total. The average molecular weight is 237 g/mol. The summed E-state index contributed by atoms with van der Waals surface area (Å²) in [6.45, 7) is 7.97. The van der Waals surface area contributed by atoms with E-state index in [0.717, 1.165) is 18.9 Å². The van der Waals surface area contributed by atoms with Crippen LogP contribution in [-0.2, 0) is 13.5 Å². The summed E-state index contributed by atoms with van der Waals surface area (Å²) in [6, 6.07) is 0.631. The van der Waals surface area contributed by atoms with E-state index in [0.29, 0.717) is 6.04 Å². The summed E-state index contributed by atoms with van der Waals surface area (Å²) in [4.78, 5) is 4.36. The second-order valence-electron chi connectivity index (χ2n) is 5.19. The number of hydrogen-bond acceptors (Lipinski definition) is 2. The van der Waals surface area contributed by atoms with Crippen LogP contribution in [0.4, 0.5) is 0 Å². The zero-order chi connectivity index (χ0) is 12.7. The standard InChI is InChI=1S/C14H27N3/c1-5-8-15-13(3)11-12(2)6-7-14-16-9-10-17(14)4/h9-10,12-13,15H,5-8,11H2,1-4H3. The third-order valence-electron chi connectivity index (χ3n) is 3.28. The van der Waals surface area contributed by atoms with Crippen LogP contribution < -0.4 is 5.32 Å². The molecule has 98 valence electrons. The molecule has 17 heavy (non-hydrogen) atoms. The number of aryl methyl sites for hydroxylation is 2. The molecule has 0 aromatic carbocycles. The first kappa shape index (κ1) is 14.2. The molecular formula is C14H27N3. The summed E-state index contributed by atoms with van der Waals surface area (Å²) < 4.78 is 2.12. The highest BCUT2D eigenvalue weighted by molar-refractivity contribution is 4.91. The van der Waals surface area contributed by atoms with Gasteiger partial charge in [-0.2, -0.15) is 0 Å². The number of aromatic nitrogens is 2. The Morgan fingerprint density at radius 3 is 2.76 bits per heavy atom. The lowest BCUT2D eigenvalue weighted by Crippen LogP contribution is -2.28. The maximum absolute atomic E-state index is 4.36. The van der Waals surface area contributed by atoms with Crippen LogP contribution in [0.5, 0.6) is 0 Å². The molecule has 0 aliphatic carbocycles. The minimum atomic E-state index is 0.631. The third-order valence-corrected chi connectivity index (χ3v) is 3.28. The molecule has 1 aromatic rings. The van der Waals surface area contributed by atoms with Crippen molar-refractivity contribution >= 4 is 0 Å². The highest BCUT2D eigenvalue weighted by Crippen LogP contribution is 2.13. The van der Waals surface area contributed by atoms with Crippen molar-refractivity contribution in [3.8, 4) is 0 Å². The molecule has 0 saturated carbocycles. The Labute approximate surface area is 106 Å². The topological polar surface area (TPSA) is 29.9 Å². The van der Waals surface area contributed by atoms with Gasteiger partial charge in [0.05, 0.1) is 0 Å². The Morgan fingerprint density at radius 2 is 2.18 bits per heavy atom. The van der Waals surface area contributed by atoms with Gasteiger partial charge in [0.15, 0.2) is 0 Å². The molecule has 0 amide bonds. The van der Waals surface area contributed by atoms with Gasteiger partial charge in [0, 0.05) is 31.9 Å². The molecule has 0 aliphatic heterocycles. The van der Waals surface area contributed by atoms with Crippen LogP contribution in [0.15, 0.2) is 12.4 Å². The van der Waals surface area contributed by atoms with E-state index < -0.39 is 0 Å². The molecule has 0 saturated heterocycles. The minimum absolute atomic E-state index is 0.631. The van der Waals surface area contributed by atoms with Crippen LogP contribution in [0.2, 0.25) is 0 Å². The fraction of sp³-hybridized carbons (Fsp3) is 0.786. The summed E-state index contributed by atoms with van der Waals surface area (Å²) in [5.74, 6) is 1.96. The molecule has 0 bridgehead atoms. The van der Waals surface area contributed by atoms with Crippen molar-refractivity contribution in [1.29, 1.82) is 0 Å². The van der Waals surface area contributed by atoms with E-state index in [1.165, 1.54) is 25.1 Å². The first-order chi connectivity index (χ1) is 8.13. The highest BCUT2D eigenvalue weighted by atomic mass is 15.0. The maximum Gasteiger partial charge on any atom is 0.108 e. The number of rotatable bonds is 8. The number of hydrogen-bond donors (Lipinski definition) is 1. The Bertz CT molecular complexity index is 306. The van der Waals surface area contributed by atoms with Crippen LogP contribution in [0.1, 0.15) is 45.9 Å². The van der Waals surface area contributed by atoms with Crippen molar-refractivity contribution in [2.24, 2.45) is 13.0 Å². The van der Waals surface area contributed by atoms with Gasteiger partial charge in [0.2, 0.25) is 0 Å². The fourth-order valence-corrected chi connectivity index (χ4v) is 2.21. The van der Waals surface area contributed by atoms with Crippen molar-refractivity contribution in [3.63, 3.8) is 0 Å². The molecule has 1 heterocycles. The van der Waals surface area contributed by atoms with Gasteiger partial charge in [-0.15, -0.1) is 0 Å². The van der Waals surface area contributed by atoms with Crippen molar-refractivity contribution in [3.05, 3.63) is 18.2 Å². The average Bonchev–Trinajstić information content (AvgIpc) is 2.69. The lowest BCUT2D eigenvalue weighted by molar-refractivity contribution is 0.400. The van der Waals surface area contributed by atoms with Gasteiger partial charge in [-0.1, -0.05) is 13.8 Å². The molecule has 3 heteroatoms. The predicted octanol–water partition coefficient (Wildman–Crippen LogP) is 2.77. The van der Waals surface area contributed by atoms with E-state index in [1.807, 2.05) is 12.4 Å². The molecule has 2 unspecified atom stereocenters. The molecule has 0 aliphatic rings. The maximum atomic E-state index is 4.36. The zero-order valence-corrected chi connectivity index (χ0v) is 11.7. The third kappa shape index (κ3) is 5.35. The van der Waals surface area contributed by atoms with Gasteiger partial charge < -0.3 is 9.88 Å². The van der Waals surface area contributed by atoms with Crippen molar-refractivity contribution < 1.29 is 0 Å². The molecule has 1 rings (SSSR count). The second kappa shape index (κ2) is 7.49. The van der Waals surface area contributed by atoms with E-state index in [-0.39, 0.29) is 0 Å². The molecule has 1 N–H and O–H groups in total. The molecule has 0 spiro atoms. The lowest BCUT2D eigenvalue weighted by Gasteiger charge is -2.18. The van der Waals surface area contributed by atoms with Crippen LogP contribution in [0.3, 0.4) is 0 Å². The van der Waals surface area contributed by atoms with Gasteiger partial charge in [0.25, 0.3) is 0 Å². The Balaban J connectivity index is 2.21. The lowest BCUT2D eigenvalue weighted by atomic mass is 9.97. The van der Waals surface area contributed by atoms with E-state index in [2.05, 4.69) is 42.7 Å². The Morgan fingerprint density at radius 1 is 1.41 bits per heavy atom. The first-order valence-electron chi connectivity index (χ1n) is 6.83. The van der Waals surface area contributed by atoms with Crippen molar-refractivity contribution in [2.75, 3.05) is 6.54 Å².